The minimum Gasteiger partial charge on any atom is -0.333 e. The predicted octanol–water partition coefficient (Wildman–Crippen LogP) is 4.03. The number of amides is 2. The van der Waals surface area contributed by atoms with E-state index in [0.717, 1.165) is 9.35 Å². The number of urea groups is 1. The van der Waals surface area contributed by atoms with Crippen molar-refractivity contribution < 1.29 is 9.59 Å². The number of Topliss-reactive ketones (excluding diaryl/α,β-unsaturated/α-hetero) is 1. The molecule has 20 heavy (non-hydrogen) atoms. The van der Waals surface area contributed by atoms with E-state index < -0.39 is 0 Å². The van der Waals surface area contributed by atoms with E-state index in [1.807, 2.05) is 11.4 Å². The third kappa shape index (κ3) is 4.18. The van der Waals surface area contributed by atoms with Crippen LogP contribution < -0.4 is 10.6 Å². The zero-order valence-electron chi connectivity index (χ0n) is 10.8. The fraction of sp³-hybridized carbons (Fsp3) is 0.143. The maximum Gasteiger partial charge on any atom is 0.319 e. The van der Waals surface area contributed by atoms with Gasteiger partial charge in [-0.05, 0) is 53.2 Å². The van der Waals surface area contributed by atoms with E-state index in [4.69, 9.17) is 0 Å². The summed E-state index contributed by atoms with van der Waals surface area (Å²) >= 11 is 4.94. The number of carbonyl (C=O) groups excluding carboxylic acids is 2. The van der Waals surface area contributed by atoms with Crippen LogP contribution in [-0.2, 0) is 6.54 Å². The molecule has 104 valence electrons. The first-order chi connectivity index (χ1) is 9.54. The van der Waals surface area contributed by atoms with Crippen molar-refractivity contribution in [2.45, 2.75) is 13.5 Å². The van der Waals surface area contributed by atoms with Gasteiger partial charge < -0.3 is 10.6 Å². The Hall–Kier alpha value is -1.66. The molecule has 2 N–H and O–H groups in total. The van der Waals surface area contributed by atoms with Crippen LogP contribution in [0.25, 0.3) is 0 Å². The summed E-state index contributed by atoms with van der Waals surface area (Å²) in [5.74, 6) is 0.00396. The van der Waals surface area contributed by atoms with Crippen molar-refractivity contribution in [1.29, 1.82) is 0 Å². The molecule has 2 rings (SSSR count). The van der Waals surface area contributed by atoms with E-state index in [9.17, 15) is 9.59 Å². The third-order valence-electron chi connectivity index (χ3n) is 2.59. The highest BCUT2D eigenvalue weighted by Crippen LogP contribution is 2.19. The monoisotopic (exact) mass is 352 g/mol. The lowest BCUT2D eigenvalue weighted by molar-refractivity contribution is 0.101. The number of thiophene rings is 1. The van der Waals surface area contributed by atoms with Gasteiger partial charge in [0, 0.05) is 26.0 Å². The van der Waals surface area contributed by atoms with Gasteiger partial charge in [0.25, 0.3) is 0 Å². The van der Waals surface area contributed by atoms with Gasteiger partial charge in [0.05, 0.1) is 6.54 Å². The molecule has 4 nitrogen and oxygen atoms in total. The predicted molar refractivity (Wildman–Crippen MR) is 84.3 cm³/mol. The number of hydrogen-bond acceptors (Lipinski definition) is 3. The molecule has 2 aromatic rings. The molecule has 0 saturated carbocycles. The number of carbonyl (C=O) groups is 2. The number of ketones is 1. The maximum absolute atomic E-state index is 11.7. The average molecular weight is 353 g/mol. The zero-order valence-corrected chi connectivity index (χ0v) is 13.2. The average Bonchev–Trinajstić information content (AvgIpc) is 2.83. The van der Waals surface area contributed by atoms with Crippen LogP contribution in [0.4, 0.5) is 10.5 Å². The summed E-state index contributed by atoms with van der Waals surface area (Å²) in [6.07, 6.45) is 0. The molecule has 6 heteroatoms. The van der Waals surface area contributed by atoms with Crippen molar-refractivity contribution >= 4 is 44.8 Å². The van der Waals surface area contributed by atoms with E-state index in [0.29, 0.717) is 17.8 Å². The lowest BCUT2D eigenvalue weighted by atomic mass is 10.1. The van der Waals surface area contributed by atoms with Gasteiger partial charge in [-0.1, -0.05) is 0 Å². The molecule has 0 saturated heterocycles. The molecule has 1 aromatic carbocycles. The van der Waals surface area contributed by atoms with Gasteiger partial charge in [-0.15, -0.1) is 11.3 Å². The Labute approximate surface area is 129 Å². The highest BCUT2D eigenvalue weighted by molar-refractivity contribution is 9.10. The Morgan fingerprint density at radius 3 is 2.50 bits per heavy atom. The lowest BCUT2D eigenvalue weighted by Crippen LogP contribution is -2.27. The van der Waals surface area contributed by atoms with E-state index >= 15 is 0 Å². The van der Waals surface area contributed by atoms with Gasteiger partial charge in [0.1, 0.15) is 0 Å². The van der Waals surface area contributed by atoms with Crippen molar-refractivity contribution in [3.8, 4) is 0 Å². The number of nitrogens with one attached hydrogen (secondary N) is 2. The molecule has 0 atom stereocenters. The Bertz CT molecular complexity index is 622. The van der Waals surface area contributed by atoms with Gasteiger partial charge in [-0.2, -0.15) is 0 Å². The fourth-order valence-electron chi connectivity index (χ4n) is 1.58. The van der Waals surface area contributed by atoms with E-state index in [2.05, 4.69) is 26.6 Å². The summed E-state index contributed by atoms with van der Waals surface area (Å²) in [5.41, 5.74) is 1.28. The molecule has 0 radical (unpaired) electrons. The van der Waals surface area contributed by atoms with Crippen molar-refractivity contribution in [2.75, 3.05) is 5.32 Å². The molecule has 0 fully saturated rings. The topological polar surface area (TPSA) is 58.2 Å². The van der Waals surface area contributed by atoms with Crippen LogP contribution in [0.5, 0.6) is 0 Å². The van der Waals surface area contributed by atoms with E-state index in [1.54, 1.807) is 35.6 Å². The number of benzene rings is 1. The summed E-state index contributed by atoms with van der Waals surface area (Å²) in [6.45, 7) is 1.99. The van der Waals surface area contributed by atoms with Crippen LogP contribution in [-0.4, -0.2) is 11.8 Å². The van der Waals surface area contributed by atoms with Gasteiger partial charge in [-0.25, -0.2) is 4.79 Å². The fourth-order valence-corrected chi connectivity index (χ4v) is 2.97. The molecule has 0 bridgehead atoms. The van der Waals surface area contributed by atoms with Gasteiger partial charge >= 0.3 is 6.03 Å². The van der Waals surface area contributed by atoms with E-state index in [1.165, 1.54) is 6.92 Å². The minimum atomic E-state index is -0.273. The highest BCUT2D eigenvalue weighted by atomic mass is 79.9. The minimum absolute atomic E-state index is 0.00396. The standard InChI is InChI=1S/C14H13BrN2O2S/c1-9(18)10-2-4-12(5-3-10)17-14(19)16-7-13-6-11(15)8-20-13/h2-6,8H,7H2,1H3,(H2,16,17,19). The Balaban J connectivity index is 1.86. The van der Waals surface area contributed by atoms with Crippen molar-refractivity contribution in [3.05, 3.63) is 50.6 Å². The SMILES string of the molecule is CC(=O)c1ccc(NC(=O)NCc2cc(Br)cs2)cc1. The summed E-state index contributed by atoms with van der Waals surface area (Å²) in [5, 5.41) is 7.46. The van der Waals surface area contributed by atoms with Crippen molar-refractivity contribution in [1.82, 2.24) is 5.32 Å². The molecule has 0 aliphatic rings. The van der Waals surface area contributed by atoms with Crippen molar-refractivity contribution in [3.63, 3.8) is 0 Å². The van der Waals surface area contributed by atoms with Crippen molar-refractivity contribution in [2.24, 2.45) is 0 Å². The third-order valence-corrected chi connectivity index (χ3v) is 4.29. The summed E-state index contributed by atoms with van der Waals surface area (Å²) in [7, 11) is 0. The molecule has 2 amide bonds. The second-order valence-corrected chi connectivity index (χ2v) is 6.08. The smallest absolute Gasteiger partial charge is 0.319 e. The molecule has 0 aliphatic heterocycles. The Morgan fingerprint density at radius 2 is 1.95 bits per heavy atom. The van der Waals surface area contributed by atoms with Crippen LogP contribution in [0.1, 0.15) is 22.2 Å². The van der Waals surface area contributed by atoms with Crippen LogP contribution >= 0.6 is 27.3 Å². The summed E-state index contributed by atoms with van der Waals surface area (Å²) < 4.78 is 1.01. The van der Waals surface area contributed by atoms with Gasteiger partial charge in [0.15, 0.2) is 5.78 Å². The molecule has 1 aromatic heterocycles. The molecule has 0 unspecified atom stereocenters. The quantitative estimate of drug-likeness (QED) is 0.816. The number of rotatable bonds is 4. The molecule has 0 aliphatic carbocycles. The molecule has 0 spiro atoms. The van der Waals surface area contributed by atoms with E-state index in [-0.39, 0.29) is 11.8 Å². The molecular weight excluding hydrogens is 340 g/mol. The van der Waals surface area contributed by atoms with Crippen LogP contribution in [0.2, 0.25) is 0 Å². The van der Waals surface area contributed by atoms with Crippen LogP contribution in [0.15, 0.2) is 40.2 Å². The Morgan fingerprint density at radius 1 is 1.25 bits per heavy atom. The molecule has 1 heterocycles. The first-order valence-corrected chi connectivity index (χ1v) is 7.60. The van der Waals surface area contributed by atoms with Gasteiger partial charge in [-0.3, -0.25) is 4.79 Å². The number of hydrogen-bond donors (Lipinski definition) is 2. The zero-order chi connectivity index (χ0) is 14.5. The Kier molecular flexibility index (Phi) is 4.92. The van der Waals surface area contributed by atoms with Crippen LogP contribution in [0.3, 0.4) is 0 Å². The maximum atomic E-state index is 11.7. The first kappa shape index (κ1) is 14.7. The lowest BCUT2D eigenvalue weighted by Gasteiger charge is -2.07. The highest BCUT2D eigenvalue weighted by Gasteiger charge is 2.04. The summed E-state index contributed by atoms with van der Waals surface area (Å²) in [6, 6.07) is 8.48. The second-order valence-electron chi connectivity index (χ2n) is 4.17. The number of halogens is 1. The normalized spacial score (nSPS) is 10.1. The largest absolute Gasteiger partial charge is 0.333 e. The van der Waals surface area contributed by atoms with Crippen LogP contribution in [0, 0.1) is 0 Å². The summed E-state index contributed by atoms with van der Waals surface area (Å²) in [4.78, 5) is 23.9. The number of anilines is 1. The van der Waals surface area contributed by atoms with Gasteiger partial charge in [0.2, 0.25) is 0 Å². The first-order valence-electron chi connectivity index (χ1n) is 5.93. The molecular formula is C14H13BrN2O2S. The second kappa shape index (κ2) is 6.67.